The molecule has 6 nitrogen and oxygen atoms in total. The minimum atomic E-state index is -0.284. The molecular formula is C22H26N3O3+. The summed E-state index contributed by atoms with van der Waals surface area (Å²) in [5.74, 6) is 0.695. The fourth-order valence-electron chi connectivity index (χ4n) is 4.26. The van der Waals surface area contributed by atoms with E-state index in [-0.39, 0.29) is 24.3 Å². The van der Waals surface area contributed by atoms with Gasteiger partial charge in [0.1, 0.15) is 5.75 Å². The molecule has 2 amide bonds. The smallest absolute Gasteiger partial charge is 0.292 e. The highest BCUT2D eigenvalue weighted by molar-refractivity contribution is 6.21. The number of amides is 2. The number of methoxy groups -OCH3 is 1. The molecule has 0 unspecified atom stereocenters. The van der Waals surface area contributed by atoms with E-state index < -0.39 is 0 Å². The number of hydrogen-bond donors (Lipinski definition) is 1. The third kappa shape index (κ3) is 3.36. The Hall–Kier alpha value is -2.86. The molecule has 2 aliphatic rings. The molecule has 1 N–H and O–H groups in total. The van der Waals surface area contributed by atoms with Crippen molar-refractivity contribution in [2.45, 2.75) is 19.4 Å². The van der Waals surface area contributed by atoms with E-state index in [1.165, 1.54) is 9.80 Å². The lowest BCUT2D eigenvalue weighted by Crippen LogP contribution is -3.19. The van der Waals surface area contributed by atoms with E-state index in [0.717, 1.165) is 43.2 Å². The molecule has 2 fully saturated rings. The number of ether oxygens (including phenoxy) is 1. The molecule has 2 aliphatic heterocycles. The zero-order valence-corrected chi connectivity index (χ0v) is 16.4. The van der Waals surface area contributed by atoms with E-state index in [2.05, 4.69) is 11.0 Å². The molecule has 2 aromatic carbocycles. The van der Waals surface area contributed by atoms with Crippen molar-refractivity contribution in [2.75, 3.05) is 43.1 Å². The van der Waals surface area contributed by atoms with Gasteiger partial charge in [-0.05, 0) is 36.8 Å². The predicted molar refractivity (Wildman–Crippen MR) is 108 cm³/mol. The number of rotatable bonds is 4. The number of para-hydroxylation sites is 2. The van der Waals surface area contributed by atoms with Crippen LogP contribution >= 0.6 is 0 Å². The summed E-state index contributed by atoms with van der Waals surface area (Å²) in [5.41, 5.74) is 2.81. The van der Waals surface area contributed by atoms with Crippen LogP contribution in [-0.4, -0.2) is 51.1 Å². The van der Waals surface area contributed by atoms with Gasteiger partial charge in [-0.1, -0.05) is 24.3 Å². The average Bonchev–Trinajstić information content (AvgIpc) is 3.02. The van der Waals surface area contributed by atoms with Gasteiger partial charge < -0.3 is 14.5 Å². The van der Waals surface area contributed by atoms with Crippen molar-refractivity contribution < 1.29 is 19.2 Å². The lowest BCUT2D eigenvalue weighted by molar-refractivity contribution is -0.915. The van der Waals surface area contributed by atoms with Crippen LogP contribution < -0.4 is 19.4 Å². The predicted octanol–water partition coefficient (Wildman–Crippen LogP) is 1.04. The van der Waals surface area contributed by atoms with E-state index in [1.807, 2.05) is 49.4 Å². The van der Waals surface area contributed by atoms with Gasteiger partial charge in [-0.25, -0.2) is 4.90 Å². The molecule has 2 aromatic rings. The number of piperazine rings is 1. The summed E-state index contributed by atoms with van der Waals surface area (Å²) in [6.45, 7) is 5.28. The second kappa shape index (κ2) is 7.64. The largest absolute Gasteiger partial charge is 0.495 e. The average molecular weight is 380 g/mol. The van der Waals surface area contributed by atoms with Gasteiger partial charge >= 0.3 is 0 Å². The minimum Gasteiger partial charge on any atom is -0.495 e. The Morgan fingerprint density at radius 1 is 1.04 bits per heavy atom. The van der Waals surface area contributed by atoms with Crippen molar-refractivity contribution in [3.8, 4) is 5.75 Å². The molecule has 0 saturated carbocycles. The van der Waals surface area contributed by atoms with Crippen molar-refractivity contribution in [3.05, 3.63) is 54.1 Å². The lowest BCUT2D eigenvalue weighted by atomic mass is 10.1. The lowest BCUT2D eigenvalue weighted by Gasteiger charge is -2.36. The first-order chi connectivity index (χ1) is 13.6. The standard InChI is InChI=1S/C22H25N3O3/c1-16-6-5-7-17(14-16)25-21(26)15-19(22(25)27)24-12-10-23(11-13-24)18-8-3-4-9-20(18)28-2/h3-9,14,19H,10-13,15H2,1-2H3/p+1/t19-/m1/s1. The van der Waals surface area contributed by atoms with Gasteiger partial charge in [0.2, 0.25) is 5.91 Å². The van der Waals surface area contributed by atoms with Crippen LogP contribution in [0.4, 0.5) is 11.4 Å². The van der Waals surface area contributed by atoms with E-state index in [9.17, 15) is 9.59 Å². The number of anilines is 2. The SMILES string of the molecule is COc1ccccc1N1CC[NH+]([C@@H]2CC(=O)N(c3cccc(C)c3)C2=O)CC1. The topological polar surface area (TPSA) is 54.3 Å². The molecule has 6 heteroatoms. The van der Waals surface area contributed by atoms with Crippen LogP contribution in [0.5, 0.6) is 5.75 Å². The molecular weight excluding hydrogens is 354 g/mol. The maximum Gasteiger partial charge on any atom is 0.292 e. The molecule has 28 heavy (non-hydrogen) atoms. The van der Waals surface area contributed by atoms with Crippen LogP contribution in [0.15, 0.2) is 48.5 Å². The second-order valence-corrected chi connectivity index (χ2v) is 7.48. The third-order valence-electron chi connectivity index (χ3n) is 5.73. The highest BCUT2D eigenvalue weighted by Gasteiger charge is 2.46. The van der Waals surface area contributed by atoms with E-state index in [0.29, 0.717) is 5.69 Å². The van der Waals surface area contributed by atoms with Gasteiger partial charge in [0, 0.05) is 0 Å². The Morgan fingerprint density at radius 2 is 1.79 bits per heavy atom. The molecule has 1 atom stereocenters. The van der Waals surface area contributed by atoms with E-state index >= 15 is 0 Å². The first-order valence-corrected chi connectivity index (χ1v) is 9.74. The number of aryl methyl sites for hydroxylation is 1. The van der Waals surface area contributed by atoms with Gasteiger partial charge in [0.05, 0.1) is 51.1 Å². The van der Waals surface area contributed by atoms with E-state index in [4.69, 9.17) is 4.74 Å². The molecule has 0 radical (unpaired) electrons. The molecule has 146 valence electrons. The number of hydrogen-bond acceptors (Lipinski definition) is 4. The Bertz CT molecular complexity index is 890. The Morgan fingerprint density at radius 3 is 2.50 bits per heavy atom. The van der Waals surface area contributed by atoms with Crippen LogP contribution in [0.25, 0.3) is 0 Å². The first kappa shape index (κ1) is 18.5. The summed E-state index contributed by atoms with van der Waals surface area (Å²) in [6.07, 6.45) is 0.288. The number of nitrogens with one attached hydrogen (secondary N) is 1. The van der Waals surface area contributed by atoms with Crippen LogP contribution in [0.3, 0.4) is 0 Å². The van der Waals surface area contributed by atoms with Crippen molar-refractivity contribution >= 4 is 23.2 Å². The van der Waals surface area contributed by atoms with Crippen LogP contribution in [0.1, 0.15) is 12.0 Å². The minimum absolute atomic E-state index is 0.0728. The van der Waals surface area contributed by atoms with Gasteiger partial charge in [0.15, 0.2) is 6.04 Å². The summed E-state index contributed by atoms with van der Waals surface area (Å²) in [7, 11) is 1.68. The summed E-state index contributed by atoms with van der Waals surface area (Å²) in [4.78, 5) is 30.5. The second-order valence-electron chi connectivity index (χ2n) is 7.48. The van der Waals surface area contributed by atoms with E-state index in [1.54, 1.807) is 7.11 Å². The number of carbonyl (C=O) groups is 2. The van der Waals surface area contributed by atoms with Gasteiger partial charge in [0.25, 0.3) is 5.91 Å². The van der Waals surface area contributed by atoms with Crippen LogP contribution in [0, 0.1) is 6.92 Å². The summed E-state index contributed by atoms with van der Waals surface area (Å²) < 4.78 is 5.48. The number of nitrogens with zero attached hydrogens (tertiary/aromatic N) is 2. The number of benzene rings is 2. The molecule has 0 aliphatic carbocycles. The van der Waals surface area contributed by atoms with Crippen LogP contribution in [0.2, 0.25) is 0 Å². The molecule has 0 aromatic heterocycles. The fourth-order valence-corrected chi connectivity index (χ4v) is 4.26. The number of carbonyl (C=O) groups excluding carboxylic acids is 2. The highest BCUT2D eigenvalue weighted by atomic mass is 16.5. The third-order valence-corrected chi connectivity index (χ3v) is 5.73. The normalized spacial score (nSPS) is 20.7. The summed E-state index contributed by atoms with van der Waals surface area (Å²) in [5, 5.41) is 0. The molecule has 0 bridgehead atoms. The van der Waals surface area contributed by atoms with Gasteiger partial charge in [-0.2, -0.15) is 0 Å². The zero-order chi connectivity index (χ0) is 19.7. The van der Waals surface area contributed by atoms with Gasteiger partial charge in [-0.3, -0.25) is 9.59 Å². The molecule has 2 heterocycles. The highest BCUT2D eigenvalue weighted by Crippen LogP contribution is 2.28. The maximum absolute atomic E-state index is 13.0. The van der Waals surface area contributed by atoms with Crippen molar-refractivity contribution in [3.63, 3.8) is 0 Å². The Balaban J connectivity index is 1.45. The molecule has 2 saturated heterocycles. The quantitative estimate of drug-likeness (QED) is 0.806. The Labute approximate surface area is 165 Å². The number of quaternary nitrogens is 1. The zero-order valence-electron chi connectivity index (χ0n) is 16.4. The van der Waals surface area contributed by atoms with Crippen molar-refractivity contribution in [2.24, 2.45) is 0 Å². The Kier molecular flexibility index (Phi) is 5.05. The summed E-state index contributed by atoms with van der Waals surface area (Å²) in [6, 6.07) is 15.3. The monoisotopic (exact) mass is 380 g/mol. The first-order valence-electron chi connectivity index (χ1n) is 9.74. The maximum atomic E-state index is 13.0. The number of imide groups is 1. The molecule has 4 rings (SSSR count). The molecule has 0 spiro atoms. The fraction of sp³-hybridized carbons (Fsp3) is 0.364. The van der Waals surface area contributed by atoms with Crippen LogP contribution in [-0.2, 0) is 9.59 Å². The van der Waals surface area contributed by atoms with Gasteiger partial charge in [-0.15, -0.1) is 0 Å². The van der Waals surface area contributed by atoms with Crippen molar-refractivity contribution in [1.29, 1.82) is 0 Å². The summed E-state index contributed by atoms with van der Waals surface area (Å²) >= 11 is 0. The van der Waals surface area contributed by atoms with Crippen molar-refractivity contribution in [1.82, 2.24) is 0 Å².